The number of hydrogen-bond donors (Lipinski definition) is 0. The molecule has 6 heteroatoms. The van der Waals surface area contributed by atoms with Gasteiger partial charge in [0.25, 0.3) is 0 Å². The van der Waals surface area contributed by atoms with E-state index in [-0.39, 0.29) is 0 Å². The van der Waals surface area contributed by atoms with E-state index in [0.29, 0.717) is 6.04 Å². The van der Waals surface area contributed by atoms with Crippen LogP contribution in [0.15, 0.2) is 24.5 Å². The number of hydrogen-bond acceptors (Lipinski definition) is 6. The summed E-state index contributed by atoms with van der Waals surface area (Å²) in [6.07, 6.45) is 11.0. The van der Waals surface area contributed by atoms with Crippen molar-refractivity contribution in [2.24, 2.45) is 0 Å². The summed E-state index contributed by atoms with van der Waals surface area (Å²) in [5.41, 5.74) is 2.57. The van der Waals surface area contributed by atoms with E-state index in [1.54, 1.807) is 0 Å². The lowest BCUT2D eigenvalue weighted by Crippen LogP contribution is -2.42. The van der Waals surface area contributed by atoms with Crippen molar-refractivity contribution in [2.45, 2.75) is 44.6 Å². The third-order valence-electron chi connectivity index (χ3n) is 6.23. The first-order valence-corrected chi connectivity index (χ1v) is 11.2. The van der Waals surface area contributed by atoms with Crippen LogP contribution in [0.25, 0.3) is 21.6 Å². The maximum Gasteiger partial charge on any atom is 0.163 e. The van der Waals surface area contributed by atoms with E-state index >= 15 is 0 Å². The number of pyridine rings is 1. The number of thiophene rings is 1. The van der Waals surface area contributed by atoms with Gasteiger partial charge in [-0.1, -0.05) is 0 Å². The van der Waals surface area contributed by atoms with Crippen LogP contribution >= 0.6 is 11.3 Å². The summed E-state index contributed by atoms with van der Waals surface area (Å²) in [4.78, 5) is 21.8. The third-order valence-corrected chi connectivity index (χ3v) is 7.41. The van der Waals surface area contributed by atoms with Gasteiger partial charge in [0.2, 0.25) is 0 Å². The molecule has 0 N–H and O–H groups in total. The Morgan fingerprint density at radius 1 is 1.04 bits per heavy atom. The van der Waals surface area contributed by atoms with E-state index in [1.165, 1.54) is 59.2 Å². The molecular formula is C22H27N5S. The lowest BCUT2D eigenvalue weighted by atomic mass is 9.96. The summed E-state index contributed by atoms with van der Waals surface area (Å²) in [6.45, 7) is 2.13. The van der Waals surface area contributed by atoms with Gasteiger partial charge in [-0.05, 0) is 70.3 Å². The van der Waals surface area contributed by atoms with Crippen LogP contribution < -0.4 is 4.90 Å². The molecule has 0 bridgehead atoms. The fraction of sp³-hybridized carbons (Fsp3) is 0.500. The largest absolute Gasteiger partial charge is 0.356 e. The number of rotatable bonds is 3. The molecular weight excluding hydrogens is 366 g/mol. The summed E-state index contributed by atoms with van der Waals surface area (Å²) in [6, 6.07) is 4.69. The second-order valence-electron chi connectivity index (χ2n) is 8.18. The normalized spacial score (nSPS) is 18.0. The van der Waals surface area contributed by atoms with E-state index in [9.17, 15) is 0 Å². The van der Waals surface area contributed by atoms with Gasteiger partial charge in [0, 0.05) is 42.0 Å². The number of nitrogens with zero attached hydrogens (tertiary/aromatic N) is 5. The van der Waals surface area contributed by atoms with Crippen molar-refractivity contribution < 1.29 is 0 Å². The molecule has 28 heavy (non-hydrogen) atoms. The molecule has 1 fully saturated rings. The van der Waals surface area contributed by atoms with Gasteiger partial charge >= 0.3 is 0 Å². The van der Waals surface area contributed by atoms with Gasteiger partial charge < -0.3 is 9.80 Å². The zero-order valence-corrected chi connectivity index (χ0v) is 17.5. The number of fused-ring (bicyclic) bond motifs is 3. The Morgan fingerprint density at radius 3 is 2.54 bits per heavy atom. The highest BCUT2D eigenvalue weighted by Gasteiger charge is 2.27. The first-order valence-electron chi connectivity index (χ1n) is 10.3. The maximum atomic E-state index is 5.13. The van der Waals surface area contributed by atoms with Crippen molar-refractivity contribution in [3.63, 3.8) is 0 Å². The molecule has 2 aliphatic rings. The van der Waals surface area contributed by atoms with Gasteiger partial charge in [-0.25, -0.2) is 9.97 Å². The Bertz CT molecular complexity index is 974. The number of aromatic nitrogens is 3. The topological polar surface area (TPSA) is 45.2 Å². The van der Waals surface area contributed by atoms with Crippen LogP contribution in [0.4, 0.5) is 5.82 Å². The first kappa shape index (κ1) is 18.0. The molecule has 0 aromatic carbocycles. The Balaban J connectivity index is 1.62. The Labute approximate surface area is 170 Å². The fourth-order valence-corrected chi connectivity index (χ4v) is 5.85. The quantitative estimate of drug-likeness (QED) is 0.668. The van der Waals surface area contributed by atoms with Gasteiger partial charge in [0.05, 0.1) is 5.39 Å². The van der Waals surface area contributed by atoms with E-state index in [4.69, 9.17) is 9.97 Å². The zero-order valence-electron chi connectivity index (χ0n) is 16.7. The van der Waals surface area contributed by atoms with Crippen molar-refractivity contribution in [1.82, 2.24) is 19.9 Å². The molecule has 3 aromatic rings. The fourth-order valence-electron chi connectivity index (χ4n) is 4.59. The molecule has 0 radical (unpaired) electrons. The van der Waals surface area contributed by atoms with Crippen molar-refractivity contribution in [2.75, 3.05) is 32.1 Å². The molecule has 1 aliphatic carbocycles. The summed E-state index contributed by atoms with van der Waals surface area (Å²) < 4.78 is 0. The van der Waals surface area contributed by atoms with Crippen LogP contribution in [0.5, 0.6) is 0 Å². The van der Waals surface area contributed by atoms with Crippen LogP contribution in [0.2, 0.25) is 0 Å². The first-order chi connectivity index (χ1) is 13.7. The highest BCUT2D eigenvalue weighted by atomic mass is 32.1. The van der Waals surface area contributed by atoms with Gasteiger partial charge in [-0.15, -0.1) is 11.3 Å². The summed E-state index contributed by atoms with van der Waals surface area (Å²) in [7, 11) is 4.39. The molecule has 4 heterocycles. The molecule has 1 saturated heterocycles. The second kappa shape index (κ2) is 7.41. The van der Waals surface area contributed by atoms with Crippen LogP contribution in [-0.4, -0.2) is 53.1 Å². The predicted octanol–water partition coefficient (Wildman–Crippen LogP) is 4.16. The Hall–Kier alpha value is -2.05. The molecule has 0 atom stereocenters. The van der Waals surface area contributed by atoms with Crippen LogP contribution in [0, 0.1) is 0 Å². The highest BCUT2D eigenvalue weighted by molar-refractivity contribution is 7.19. The average Bonchev–Trinajstić information content (AvgIpc) is 3.12. The van der Waals surface area contributed by atoms with Gasteiger partial charge in [-0.2, -0.15) is 0 Å². The molecule has 0 saturated carbocycles. The molecule has 0 amide bonds. The van der Waals surface area contributed by atoms with Crippen molar-refractivity contribution in [3.05, 3.63) is 35.0 Å². The average molecular weight is 394 g/mol. The van der Waals surface area contributed by atoms with Gasteiger partial charge in [0.15, 0.2) is 5.82 Å². The van der Waals surface area contributed by atoms with Crippen LogP contribution in [0.1, 0.15) is 36.1 Å². The van der Waals surface area contributed by atoms with E-state index in [1.807, 2.05) is 35.9 Å². The SMILES string of the molecule is CN(C)C1CCN(c2nc(-c3ccncc3)nc3sc4c(c23)CCCC4)CC1. The minimum Gasteiger partial charge on any atom is -0.356 e. The van der Waals surface area contributed by atoms with Gasteiger partial charge in [-0.3, -0.25) is 4.98 Å². The molecule has 5 nitrogen and oxygen atoms in total. The van der Waals surface area contributed by atoms with Crippen LogP contribution in [-0.2, 0) is 12.8 Å². The van der Waals surface area contributed by atoms with E-state index in [0.717, 1.165) is 30.3 Å². The number of anilines is 1. The van der Waals surface area contributed by atoms with E-state index < -0.39 is 0 Å². The Morgan fingerprint density at radius 2 is 1.79 bits per heavy atom. The van der Waals surface area contributed by atoms with E-state index in [2.05, 4.69) is 28.9 Å². The molecule has 146 valence electrons. The predicted molar refractivity (Wildman–Crippen MR) is 116 cm³/mol. The monoisotopic (exact) mass is 393 g/mol. The molecule has 0 spiro atoms. The second-order valence-corrected chi connectivity index (χ2v) is 9.26. The van der Waals surface area contributed by atoms with Crippen LogP contribution in [0.3, 0.4) is 0 Å². The summed E-state index contributed by atoms with van der Waals surface area (Å²) >= 11 is 1.89. The lowest BCUT2D eigenvalue weighted by molar-refractivity contribution is 0.249. The number of piperidine rings is 1. The van der Waals surface area contributed by atoms with Crippen molar-refractivity contribution >= 4 is 27.4 Å². The van der Waals surface area contributed by atoms with Gasteiger partial charge in [0.1, 0.15) is 10.6 Å². The van der Waals surface area contributed by atoms with Crippen molar-refractivity contribution in [1.29, 1.82) is 0 Å². The highest BCUT2D eigenvalue weighted by Crippen LogP contribution is 2.41. The zero-order chi connectivity index (χ0) is 19.1. The standard InChI is InChI=1S/C22H27N5S/c1-26(2)16-9-13-27(14-10-16)21-19-17-5-3-4-6-18(17)28-22(19)25-20(24-21)15-7-11-23-12-8-15/h7-8,11-12,16H,3-6,9-10,13-14H2,1-2H3. The molecule has 1 aliphatic heterocycles. The smallest absolute Gasteiger partial charge is 0.163 e. The maximum absolute atomic E-state index is 5.13. The minimum atomic E-state index is 0.671. The summed E-state index contributed by atoms with van der Waals surface area (Å²) in [5, 5.41) is 1.33. The minimum absolute atomic E-state index is 0.671. The molecule has 3 aromatic heterocycles. The van der Waals surface area contributed by atoms with Crippen molar-refractivity contribution in [3.8, 4) is 11.4 Å². The number of aryl methyl sites for hydroxylation is 2. The lowest BCUT2D eigenvalue weighted by Gasteiger charge is -2.36. The molecule has 5 rings (SSSR count). The third kappa shape index (κ3) is 3.18. The molecule has 0 unspecified atom stereocenters. The Kier molecular flexibility index (Phi) is 4.77. The summed E-state index contributed by atoms with van der Waals surface area (Å²) in [5.74, 6) is 1.99.